The number of carbonyl (C=O) groups is 1. The lowest BCUT2D eigenvalue weighted by Crippen LogP contribution is -2.20. The first-order valence-corrected chi connectivity index (χ1v) is 9.06. The van der Waals surface area contributed by atoms with Crippen molar-refractivity contribution in [2.45, 2.75) is 6.54 Å². The Morgan fingerprint density at radius 1 is 1.12 bits per heavy atom. The van der Waals surface area contributed by atoms with Crippen molar-refractivity contribution < 1.29 is 4.79 Å². The van der Waals surface area contributed by atoms with Gasteiger partial charge in [0.05, 0.1) is 5.02 Å². The Balaban J connectivity index is 1.67. The number of benzene rings is 2. The van der Waals surface area contributed by atoms with Gasteiger partial charge in [-0.3, -0.25) is 4.79 Å². The van der Waals surface area contributed by atoms with E-state index in [0.717, 1.165) is 20.5 Å². The summed E-state index contributed by atoms with van der Waals surface area (Å²) in [6.45, 7) is 0.333. The molecule has 0 fully saturated rings. The van der Waals surface area contributed by atoms with E-state index in [1.165, 1.54) is 6.08 Å². The SMILES string of the molecule is O=C(/C=C/c1sc2ccccc2c1Cl)NCc1ccc(Cl)cc1Cl. The molecular weight excluding hydrogens is 385 g/mol. The third kappa shape index (κ3) is 3.93. The van der Waals surface area contributed by atoms with Crippen molar-refractivity contribution in [1.82, 2.24) is 5.32 Å². The molecule has 1 heterocycles. The second-order valence-electron chi connectivity index (χ2n) is 5.06. The molecule has 6 heteroatoms. The molecule has 0 aliphatic rings. The van der Waals surface area contributed by atoms with Crippen molar-refractivity contribution in [2.24, 2.45) is 0 Å². The molecule has 2 nitrogen and oxygen atoms in total. The normalized spacial score (nSPS) is 11.3. The molecule has 1 amide bonds. The summed E-state index contributed by atoms with van der Waals surface area (Å²) >= 11 is 19.8. The van der Waals surface area contributed by atoms with E-state index < -0.39 is 0 Å². The molecule has 0 radical (unpaired) electrons. The highest BCUT2D eigenvalue weighted by atomic mass is 35.5. The lowest BCUT2D eigenvalue weighted by molar-refractivity contribution is -0.116. The number of fused-ring (bicyclic) bond motifs is 1. The summed E-state index contributed by atoms with van der Waals surface area (Å²) in [6, 6.07) is 13.1. The first kappa shape index (κ1) is 17.3. The van der Waals surface area contributed by atoms with E-state index >= 15 is 0 Å². The zero-order valence-corrected chi connectivity index (χ0v) is 15.4. The van der Waals surface area contributed by atoms with Crippen LogP contribution in [0.4, 0.5) is 0 Å². The first-order valence-electron chi connectivity index (χ1n) is 7.11. The summed E-state index contributed by atoms with van der Waals surface area (Å²) in [5.41, 5.74) is 0.808. The molecule has 0 saturated heterocycles. The van der Waals surface area contributed by atoms with Crippen LogP contribution in [0, 0.1) is 0 Å². The molecule has 0 spiro atoms. The predicted octanol–water partition coefficient (Wildman–Crippen LogP) is 6.19. The number of nitrogens with one attached hydrogen (secondary N) is 1. The van der Waals surface area contributed by atoms with Crippen LogP contribution in [0.5, 0.6) is 0 Å². The maximum absolute atomic E-state index is 12.0. The van der Waals surface area contributed by atoms with Gasteiger partial charge in [0.15, 0.2) is 0 Å². The van der Waals surface area contributed by atoms with Crippen LogP contribution < -0.4 is 5.32 Å². The van der Waals surface area contributed by atoms with Gasteiger partial charge >= 0.3 is 0 Å². The molecule has 2 aromatic carbocycles. The van der Waals surface area contributed by atoms with Gasteiger partial charge in [-0.15, -0.1) is 11.3 Å². The molecule has 0 unspecified atom stereocenters. The minimum Gasteiger partial charge on any atom is -0.348 e. The fourth-order valence-corrected chi connectivity index (χ4v) is 4.07. The first-order chi connectivity index (χ1) is 11.5. The smallest absolute Gasteiger partial charge is 0.244 e. The van der Waals surface area contributed by atoms with Gasteiger partial charge in [0.2, 0.25) is 5.91 Å². The molecule has 1 N–H and O–H groups in total. The summed E-state index contributed by atoms with van der Waals surface area (Å²) in [4.78, 5) is 12.8. The molecule has 24 heavy (non-hydrogen) atoms. The minimum absolute atomic E-state index is 0.213. The van der Waals surface area contributed by atoms with Crippen molar-refractivity contribution in [1.29, 1.82) is 0 Å². The Kier molecular flexibility index (Phi) is 5.47. The van der Waals surface area contributed by atoms with E-state index in [1.807, 2.05) is 24.3 Å². The molecule has 0 aliphatic heterocycles. The molecule has 1 aromatic heterocycles. The lowest BCUT2D eigenvalue weighted by atomic mass is 10.2. The highest BCUT2D eigenvalue weighted by Gasteiger charge is 2.08. The van der Waals surface area contributed by atoms with Crippen molar-refractivity contribution >= 4 is 68.2 Å². The van der Waals surface area contributed by atoms with Gasteiger partial charge < -0.3 is 5.32 Å². The van der Waals surface area contributed by atoms with Crippen LogP contribution in [0.2, 0.25) is 15.1 Å². The summed E-state index contributed by atoms with van der Waals surface area (Å²) < 4.78 is 1.09. The Hall–Kier alpha value is -1.52. The monoisotopic (exact) mass is 395 g/mol. The number of hydrogen-bond donors (Lipinski definition) is 1. The van der Waals surface area contributed by atoms with Gasteiger partial charge in [0.1, 0.15) is 0 Å². The zero-order valence-electron chi connectivity index (χ0n) is 12.4. The number of amides is 1. The number of thiophene rings is 1. The minimum atomic E-state index is -0.213. The highest BCUT2D eigenvalue weighted by Crippen LogP contribution is 2.35. The Labute approximate surface area is 158 Å². The van der Waals surface area contributed by atoms with Gasteiger partial charge in [-0.25, -0.2) is 0 Å². The van der Waals surface area contributed by atoms with Gasteiger partial charge in [-0.2, -0.15) is 0 Å². The summed E-state index contributed by atoms with van der Waals surface area (Å²) in [5, 5.41) is 5.55. The Bertz CT molecular complexity index is 933. The van der Waals surface area contributed by atoms with E-state index in [0.29, 0.717) is 21.6 Å². The molecule has 122 valence electrons. The molecule has 3 aromatic rings. The second kappa shape index (κ2) is 7.58. The Morgan fingerprint density at radius 3 is 2.67 bits per heavy atom. The van der Waals surface area contributed by atoms with E-state index in [9.17, 15) is 4.79 Å². The fraction of sp³-hybridized carbons (Fsp3) is 0.0556. The van der Waals surface area contributed by atoms with E-state index in [2.05, 4.69) is 5.32 Å². The number of halogens is 3. The summed E-state index contributed by atoms with van der Waals surface area (Å²) in [6.07, 6.45) is 3.20. The summed E-state index contributed by atoms with van der Waals surface area (Å²) in [5.74, 6) is -0.213. The molecule has 0 bridgehead atoms. The third-order valence-corrected chi connectivity index (χ3v) is 5.66. The Morgan fingerprint density at radius 2 is 1.92 bits per heavy atom. The molecule has 0 aliphatic carbocycles. The molecule has 0 atom stereocenters. The van der Waals surface area contributed by atoms with Crippen molar-refractivity contribution in [2.75, 3.05) is 0 Å². The van der Waals surface area contributed by atoms with Gasteiger partial charge in [-0.05, 0) is 29.8 Å². The van der Waals surface area contributed by atoms with Crippen molar-refractivity contribution in [3.8, 4) is 0 Å². The lowest BCUT2D eigenvalue weighted by Gasteiger charge is -2.05. The number of carbonyl (C=O) groups excluding carboxylic acids is 1. The van der Waals surface area contributed by atoms with Crippen LogP contribution in [-0.4, -0.2) is 5.91 Å². The second-order valence-corrected chi connectivity index (χ2v) is 7.37. The van der Waals surface area contributed by atoms with Crippen LogP contribution in [-0.2, 0) is 11.3 Å². The van der Waals surface area contributed by atoms with E-state index in [1.54, 1.807) is 35.6 Å². The average Bonchev–Trinajstić information content (AvgIpc) is 2.89. The topological polar surface area (TPSA) is 29.1 Å². The fourth-order valence-electron chi connectivity index (χ4n) is 2.20. The van der Waals surface area contributed by atoms with Crippen LogP contribution in [0.3, 0.4) is 0 Å². The van der Waals surface area contributed by atoms with Crippen molar-refractivity contribution in [3.05, 3.63) is 74.0 Å². The zero-order chi connectivity index (χ0) is 17.1. The molecule has 0 saturated carbocycles. The van der Waals surface area contributed by atoms with Gasteiger partial charge in [-0.1, -0.05) is 59.1 Å². The maximum atomic E-state index is 12.0. The maximum Gasteiger partial charge on any atom is 0.244 e. The summed E-state index contributed by atoms with van der Waals surface area (Å²) in [7, 11) is 0. The van der Waals surface area contributed by atoms with Gasteiger partial charge in [0.25, 0.3) is 0 Å². The van der Waals surface area contributed by atoms with Gasteiger partial charge in [0, 0.05) is 37.6 Å². The standard InChI is InChI=1S/C18H12Cl3NOS/c19-12-6-5-11(14(20)9-12)10-22-17(23)8-7-16-18(21)13-3-1-2-4-15(13)24-16/h1-9H,10H2,(H,22,23)/b8-7+. The predicted molar refractivity (Wildman–Crippen MR) is 104 cm³/mol. The van der Waals surface area contributed by atoms with E-state index in [4.69, 9.17) is 34.8 Å². The largest absolute Gasteiger partial charge is 0.348 e. The number of hydrogen-bond acceptors (Lipinski definition) is 2. The van der Waals surface area contributed by atoms with Crippen LogP contribution in [0.1, 0.15) is 10.4 Å². The quantitative estimate of drug-likeness (QED) is 0.523. The van der Waals surface area contributed by atoms with E-state index in [-0.39, 0.29) is 5.91 Å². The van der Waals surface area contributed by atoms with Crippen LogP contribution in [0.15, 0.2) is 48.5 Å². The average molecular weight is 397 g/mol. The third-order valence-electron chi connectivity index (χ3n) is 3.41. The molecular formula is C18H12Cl3NOS. The van der Waals surface area contributed by atoms with Crippen LogP contribution in [0.25, 0.3) is 16.2 Å². The number of rotatable bonds is 4. The van der Waals surface area contributed by atoms with Crippen LogP contribution >= 0.6 is 46.1 Å². The highest BCUT2D eigenvalue weighted by molar-refractivity contribution is 7.20. The van der Waals surface area contributed by atoms with Crippen molar-refractivity contribution in [3.63, 3.8) is 0 Å². The molecule has 3 rings (SSSR count).